The second-order valence-corrected chi connectivity index (χ2v) is 9.85. The van der Waals surface area contributed by atoms with Crippen LogP contribution in [-0.4, -0.2) is 85.2 Å². The van der Waals surface area contributed by atoms with E-state index < -0.39 is 30.1 Å². The van der Waals surface area contributed by atoms with Crippen LogP contribution in [0.1, 0.15) is 32.7 Å². The van der Waals surface area contributed by atoms with Gasteiger partial charge in [0.1, 0.15) is 23.8 Å². The van der Waals surface area contributed by atoms with Gasteiger partial charge in [-0.1, -0.05) is 0 Å². The van der Waals surface area contributed by atoms with Crippen molar-refractivity contribution in [2.24, 2.45) is 0 Å². The summed E-state index contributed by atoms with van der Waals surface area (Å²) in [5, 5.41) is 27.7. The number of anilines is 4. The van der Waals surface area contributed by atoms with Gasteiger partial charge < -0.3 is 25.3 Å². The van der Waals surface area contributed by atoms with Gasteiger partial charge in [0.2, 0.25) is 5.95 Å². The maximum atomic E-state index is 14.3. The molecule has 0 saturated carbocycles. The van der Waals surface area contributed by atoms with Crippen LogP contribution in [-0.2, 0) is 0 Å². The number of aliphatic hydroxyl groups is 2. The maximum absolute atomic E-state index is 14.3. The van der Waals surface area contributed by atoms with Crippen molar-refractivity contribution < 1.29 is 27.8 Å². The van der Waals surface area contributed by atoms with Crippen LogP contribution in [0.15, 0.2) is 24.5 Å². The number of piperidine rings is 1. The van der Waals surface area contributed by atoms with Crippen LogP contribution in [0.2, 0.25) is 0 Å². The van der Waals surface area contributed by atoms with E-state index in [-0.39, 0.29) is 36.8 Å². The zero-order valence-electron chi connectivity index (χ0n) is 20.3. The fourth-order valence-corrected chi connectivity index (χ4v) is 4.57. The molecule has 4 unspecified atom stereocenters. The summed E-state index contributed by atoms with van der Waals surface area (Å²) in [6.07, 6.45) is -2.91. The Morgan fingerprint density at radius 1 is 1.16 bits per heavy atom. The molecule has 2 aliphatic heterocycles. The van der Waals surface area contributed by atoms with Gasteiger partial charge in [0.05, 0.1) is 29.2 Å². The third-order valence-electron chi connectivity index (χ3n) is 7.00. The minimum atomic E-state index is -4.52. The Morgan fingerprint density at radius 2 is 1.95 bits per heavy atom. The van der Waals surface area contributed by atoms with E-state index in [1.807, 2.05) is 0 Å². The summed E-state index contributed by atoms with van der Waals surface area (Å²) in [5.74, 6) is 1.16. The number of pyridine rings is 1. The molecule has 10 nitrogen and oxygen atoms in total. The van der Waals surface area contributed by atoms with Crippen LogP contribution in [0, 0.1) is 0 Å². The highest BCUT2D eigenvalue weighted by Crippen LogP contribution is 2.37. The zero-order valence-corrected chi connectivity index (χ0v) is 20.3. The molecule has 5 heterocycles. The first kappa shape index (κ1) is 25.4. The lowest BCUT2D eigenvalue weighted by Gasteiger charge is -2.38. The molecule has 0 amide bonds. The van der Waals surface area contributed by atoms with E-state index in [2.05, 4.69) is 25.4 Å². The number of rotatable bonds is 5. The summed E-state index contributed by atoms with van der Waals surface area (Å²) in [6.45, 7) is 3.54. The van der Waals surface area contributed by atoms with Crippen LogP contribution in [0.5, 0.6) is 0 Å². The second-order valence-electron chi connectivity index (χ2n) is 9.85. The van der Waals surface area contributed by atoms with Gasteiger partial charge in [0, 0.05) is 38.1 Å². The van der Waals surface area contributed by atoms with Gasteiger partial charge in [-0.2, -0.15) is 23.3 Å². The average Bonchev–Trinajstić information content (AvgIpc) is 3.43. The molecule has 2 saturated heterocycles. The number of nitrogens with zero attached hydrogens (tertiary/aromatic N) is 7. The standard InChI is InChI=1S/C23H28F4N8O2/c1-13(23(25,26)27)35-16-9-19(29-10-15(16)20(32-35)33-7-4-14(36)11-33)30-18-3-6-28-21(31-18)34-8-5-22(2,37)17(24)12-34/h3,6,9-10,13-14,17,36-37H,4-5,7-8,11-12H2,1-2H3,(H,28,29,30,31). The molecule has 4 atom stereocenters. The Morgan fingerprint density at radius 3 is 2.62 bits per heavy atom. The average molecular weight is 525 g/mol. The maximum Gasteiger partial charge on any atom is 0.410 e. The van der Waals surface area contributed by atoms with Gasteiger partial charge in [-0.15, -0.1) is 0 Å². The number of aromatic nitrogens is 5. The number of fused-ring (bicyclic) bond motifs is 1. The molecule has 5 rings (SSSR count). The van der Waals surface area contributed by atoms with Crippen LogP contribution < -0.4 is 15.1 Å². The SMILES string of the molecule is CC(n1nc(N2CCC(O)C2)c2cnc(Nc3ccnc(N4CCC(C)(O)C(F)C4)n3)cc21)C(F)(F)F. The van der Waals surface area contributed by atoms with Gasteiger partial charge in [-0.25, -0.2) is 14.4 Å². The van der Waals surface area contributed by atoms with E-state index in [9.17, 15) is 27.8 Å². The largest absolute Gasteiger partial charge is 0.410 e. The summed E-state index contributed by atoms with van der Waals surface area (Å²) in [5.41, 5.74) is -1.18. The second kappa shape index (κ2) is 9.24. The molecule has 2 fully saturated rings. The van der Waals surface area contributed by atoms with Crippen molar-refractivity contribution in [2.75, 3.05) is 41.3 Å². The van der Waals surface area contributed by atoms with E-state index in [1.54, 1.807) is 15.9 Å². The summed E-state index contributed by atoms with van der Waals surface area (Å²) < 4.78 is 56.2. The van der Waals surface area contributed by atoms with E-state index in [0.29, 0.717) is 36.5 Å². The lowest BCUT2D eigenvalue weighted by molar-refractivity contribution is -0.164. The van der Waals surface area contributed by atoms with E-state index in [0.717, 1.165) is 11.6 Å². The number of nitrogens with one attached hydrogen (secondary N) is 1. The summed E-state index contributed by atoms with van der Waals surface area (Å²) in [7, 11) is 0. The minimum absolute atomic E-state index is 0.0663. The molecule has 3 aromatic rings. The van der Waals surface area contributed by atoms with Gasteiger partial charge in [-0.05, 0) is 32.8 Å². The van der Waals surface area contributed by atoms with Gasteiger partial charge in [0.25, 0.3) is 0 Å². The first-order valence-corrected chi connectivity index (χ1v) is 12.0. The number of β-amino-alcohol motifs (C(OH)–C–C–N with tert-alkyl or cyclic N) is 1. The Hall–Kier alpha value is -3.26. The monoisotopic (exact) mass is 524 g/mol. The first-order valence-electron chi connectivity index (χ1n) is 12.0. The van der Waals surface area contributed by atoms with Crippen molar-refractivity contribution in [3.05, 3.63) is 24.5 Å². The smallest absolute Gasteiger partial charge is 0.391 e. The Balaban J connectivity index is 1.45. The predicted octanol–water partition coefficient (Wildman–Crippen LogP) is 2.96. The Kier molecular flexibility index (Phi) is 6.34. The van der Waals surface area contributed by atoms with Gasteiger partial charge in [0.15, 0.2) is 5.82 Å². The molecule has 0 spiro atoms. The number of alkyl halides is 4. The number of aliphatic hydroxyl groups excluding tert-OH is 1. The van der Waals surface area contributed by atoms with Crippen LogP contribution in [0.4, 0.5) is 41.0 Å². The highest BCUT2D eigenvalue weighted by Gasteiger charge is 2.40. The molecule has 2 aliphatic rings. The van der Waals surface area contributed by atoms with Crippen molar-refractivity contribution in [3.63, 3.8) is 0 Å². The molecule has 14 heteroatoms. The number of hydrogen-bond donors (Lipinski definition) is 3. The minimum Gasteiger partial charge on any atom is -0.391 e. The van der Waals surface area contributed by atoms with Crippen molar-refractivity contribution in [1.29, 1.82) is 0 Å². The molecular formula is C23H28F4N8O2. The molecule has 0 aromatic carbocycles. The summed E-state index contributed by atoms with van der Waals surface area (Å²) in [6, 6.07) is 1.15. The number of halogens is 4. The third-order valence-corrected chi connectivity index (χ3v) is 7.00. The third kappa shape index (κ3) is 4.99. The summed E-state index contributed by atoms with van der Waals surface area (Å²) >= 11 is 0. The lowest BCUT2D eigenvalue weighted by Crippen LogP contribution is -2.52. The molecule has 0 radical (unpaired) electrons. The highest BCUT2D eigenvalue weighted by atomic mass is 19.4. The van der Waals surface area contributed by atoms with Crippen LogP contribution >= 0.6 is 0 Å². The fraction of sp³-hybridized carbons (Fsp3) is 0.565. The predicted molar refractivity (Wildman–Crippen MR) is 129 cm³/mol. The topological polar surface area (TPSA) is 115 Å². The van der Waals surface area contributed by atoms with E-state index >= 15 is 0 Å². The highest BCUT2D eigenvalue weighted by molar-refractivity contribution is 5.92. The molecular weight excluding hydrogens is 496 g/mol. The van der Waals surface area contributed by atoms with Crippen LogP contribution in [0.3, 0.4) is 0 Å². The molecule has 200 valence electrons. The van der Waals surface area contributed by atoms with Crippen LogP contribution in [0.25, 0.3) is 10.9 Å². The lowest BCUT2D eigenvalue weighted by atomic mass is 9.92. The van der Waals surface area contributed by atoms with Gasteiger partial charge >= 0.3 is 6.18 Å². The van der Waals surface area contributed by atoms with Crippen molar-refractivity contribution in [2.45, 2.75) is 56.8 Å². The number of hydrogen-bond acceptors (Lipinski definition) is 9. The molecule has 3 N–H and O–H groups in total. The molecule has 0 bridgehead atoms. The normalized spacial score (nSPS) is 25.6. The van der Waals surface area contributed by atoms with Crippen molar-refractivity contribution in [3.8, 4) is 0 Å². The quantitative estimate of drug-likeness (QED) is 0.434. The first-order chi connectivity index (χ1) is 17.4. The zero-order chi connectivity index (χ0) is 26.5. The Bertz CT molecular complexity index is 1280. The van der Waals surface area contributed by atoms with Gasteiger partial charge in [-0.3, -0.25) is 4.68 Å². The fourth-order valence-electron chi connectivity index (χ4n) is 4.57. The Labute approximate surface area is 209 Å². The van der Waals surface area contributed by atoms with E-state index in [4.69, 9.17) is 0 Å². The molecule has 37 heavy (non-hydrogen) atoms. The van der Waals surface area contributed by atoms with Crippen molar-refractivity contribution >= 4 is 34.3 Å². The van der Waals surface area contributed by atoms with E-state index in [1.165, 1.54) is 25.4 Å². The van der Waals surface area contributed by atoms with Crippen molar-refractivity contribution in [1.82, 2.24) is 24.7 Å². The molecule has 0 aliphatic carbocycles. The summed E-state index contributed by atoms with van der Waals surface area (Å²) in [4.78, 5) is 16.3. The molecule has 3 aromatic heterocycles.